The number of hydrogen-bond donors (Lipinski definition) is 0. The Balaban J connectivity index is 1.71. The Morgan fingerprint density at radius 1 is 1.24 bits per heavy atom. The maximum Gasteiger partial charge on any atom is 0.155 e. The van der Waals surface area contributed by atoms with Gasteiger partial charge in [0.2, 0.25) is 0 Å². The minimum Gasteiger partial charge on any atom is -0.297 e. The van der Waals surface area contributed by atoms with Gasteiger partial charge in [0.25, 0.3) is 0 Å². The Labute approximate surface area is 123 Å². The van der Waals surface area contributed by atoms with Crippen LogP contribution in [0, 0.1) is 0 Å². The molecule has 0 bridgehead atoms. The van der Waals surface area contributed by atoms with Gasteiger partial charge in [-0.1, -0.05) is 6.07 Å². The van der Waals surface area contributed by atoms with Gasteiger partial charge >= 0.3 is 0 Å². The summed E-state index contributed by atoms with van der Waals surface area (Å²) in [4.78, 5) is 14.9. The second kappa shape index (κ2) is 5.97. The van der Waals surface area contributed by atoms with E-state index in [0.717, 1.165) is 30.0 Å². The molecule has 6 nitrogen and oxygen atoms in total. The van der Waals surface area contributed by atoms with Crippen molar-refractivity contribution < 1.29 is 0 Å². The van der Waals surface area contributed by atoms with Crippen molar-refractivity contribution in [2.75, 3.05) is 7.05 Å². The number of fused-ring (bicyclic) bond motifs is 1. The van der Waals surface area contributed by atoms with Gasteiger partial charge in [0.15, 0.2) is 5.65 Å². The molecule has 3 aromatic heterocycles. The lowest BCUT2D eigenvalue weighted by Crippen LogP contribution is -2.31. The van der Waals surface area contributed by atoms with Gasteiger partial charge in [0.05, 0.1) is 11.4 Å². The molecule has 0 fully saturated rings. The van der Waals surface area contributed by atoms with Gasteiger partial charge < -0.3 is 0 Å². The molecule has 1 atom stereocenters. The van der Waals surface area contributed by atoms with Gasteiger partial charge in [-0.2, -0.15) is 5.10 Å². The molecule has 0 saturated carbocycles. The fourth-order valence-electron chi connectivity index (χ4n) is 2.33. The summed E-state index contributed by atoms with van der Waals surface area (Å²) >= 11 is 0. The molecule has 0 aliphatic carbocycles. The molecular formula is C15H18N6. The van der Waals surface area contributed by atoms with Crippen molar-refractivity contribution in [1.29, 1.82) is 0 Å². The second-order valence-electron chi connectivity index (χ2n) is 5.21. The van der Waals surface area contributed by atoms with Crippen LogP contribution in [0.4, 0.5) is 0 Å². The zero-order chi connectivity index (χ0) is 14.7. The van der Waals surface area contributed by atoms with Crippen LogP contribution in [0.15, 0.2) is 43.1 Å². The second-order valence-corrected chi connectivity index (χ2v) is 5.21. The summed E-state index contributed by atoms with van der Waals surface area (Å²) in [5.41, 5.74) is 3.01. The topological polar surface area (TPSA) is 59.2 Å². The fourth-order valence-corrected chi connectivity index (χ4v) is 2.33. The third-order valence-corrected chi connectivity index (χ3v) is 3.67. The van der Waals surface area contributed by atoms with Crippen molar-refractivity contribution in [3.8, 4) is 0 Å². The summed E-state index contributed by atoms with van der Waals surface area (Å²) in [6, 6.07) is 6.41. The Kier molecular flexibility index (Phi) is 3.87. The zero-order valence-electron chi connectivity index (χ0n) is 12.2. The summed E-state index contributed by atoms with van der Waals surface area (Å²) in [6.45, 7) is 3.00. The standard InChI is InChI=1S/C15H18N6/c1-12(8-13-9-16-6-7-17-13)20(2)10-14-4-3-5-15-18-11-19-21(14)15/h3-7,9,11-12H,8,10H2,1-2H3. The van der Waals surface area contributed by atoms with E-state index >= 15 is 0 Å². The molecule has 1 unspecified atom stereocenters. The van der Waals surface area contributed by atoms with E-state index in [1.54, 1.807) is 18.7 Å². The normalized spacial score (nSPS) is 12.9. The maximum absolute atomic E-state index is 4.33. The van der Waals surface area contributed by atoms with Crippen LogP contribution in [0.5, 0.6) is 0 Å². The van der Waals surface area contributed by atoms with Crippen LogP contribution in [0.1, 0.15) is 18.3 Å². The Morgan fingerprint density at radius 2 is 2.14 bits per heavy atom. The van der Waals surface area contributed by atoms with Crippen molar-refractivity contribution in [2.24, 2.45) is 0 Å². The first-order valence-electron chi connectivity index (χ1n) is 6.97. The number of pyridine rings is 1. The minimum atomic E-state index is 0.362. The summed E-state index contributed by atoms with van der Waals surface area (Å²) in [5.74, 6) is 0. The number of rotatable bonds is 5. The van der Waals surface area contributed by atoms with Crippen molar-refractivity contribution in [3.63, 3.8) is 0 Å². The van der Waals surface area contributed by atoms with E-state index in [-0.39, 0.29) is 0 Å². The summed E-state index contributed by atoms with van der Waals surface area (Å²) in [6.07, 6.45) is 7.71. The van der Waals surface area contributed by atoms with Gasteiger partial charge in [-0.3, -0.25) is 14.9 Å². The van der Waals surface area contributed by atoms with Crippen molar-refractivity contribution in [2.45, 2.75) is 25.9 Å². The highest BCUT2D eigenvalue weighted by Crippen LogP contribution is 2.10. The first-order chi connectivity index (χ1) is 10.2. The van der Waals surface area contributed by atoms with E-state index in [9.17, 15) is 0 Å². The van der Waals surface area contributed by atoms with Crippen LogP contribution in [-0.4, -0.2) is 42.6 Å². The Morgan fingerprint density at radius 3 is 2.95 bits per heavy atom. The van der Waals surface area contributed by atoms with Crippen LogP contribution in [0.25, 0.3) is 5.65 Å². The van der Waals surface area contributed by atoms with Gasteiger partial charge in [-0.05, 0) is 26.1 Å². The molecule has 6 heteroatoms. The highest BCUT2D eigenvalue weighted by atomic mass is 15.3. The van der Waals surface area contributed by atoms with Crippen molar-refractivity contribution in [3.05, 3.63) is 54.5 Å². The zero-order valence-corrected chi connectivity index (χ0v) is 12.2. The van der Waals surface area contributed by atoms with Crippen LogP contribution >= 0.6 is 0 Å². The maximum atomic E-state index is 4.33. The summed E-state index contributed by atoms with van der Waals surface area (Å²) < 4.78 is 1.88. The lowest BCUT2D eigenvalue weighted by Gasteiger charge is -2.24. The molecule has 0 aromatic carbocycles. The summed E-state index contributed by atoms with van der Waals surface area (Å²) in [5, 5.41) is 4.27. The molecule has 0 aliphatic heterocycles. The van der Waals surface area contributed by atoms with E-state index in [2.05, 4.69) is 45.0 Å². The van der Waals surface area contributed by atoms with Gasteiger partial charge in [-0.15, -0.1) is 0 Å². The highest BCUT2D eigenvalue weighted by Gasteiger charge is 2.13. The van der Waals surface area contributed by atoms with Gasteiger partial charge in [0, 0.05) is 37.6 Å². The Bertz CT molecular complexity index is 708. The first-order valence-corrected chi connectivity index (χ1v) is 6.97. The number of nitrogens with zero attached hydrogens (tertiary/aromatic N) is 6. The van der Waals surface area contributed by atoms with Crippen LogP contribution in [0.2, 0.25) is 0 Å². The SMILES string of the molecule is CC(Cc1cnccn1)N(C)Cc1cccc2ncnn12. The van der Waals surface area contributed by atoms with Crippen LogP contribution in [-0.2, 0) is 13.0 Å². The largest absolute Gasteiger partial charge is 0.297 e. The summed E-state index contributed by atoms with van der Waals surface area (Å²) in [7, 11) is 2.11. The van der Waals surface area contributed by atoms with E-state index in [4.69, 9.17) is 0 Å². The Hall–Kier alpha value is -2.34. The quantitative estimate of drug-likeness (QED) is 0.711. The smallest absolute Gasteiger partial charge is 0.155 e. The fraction of sp³-hybridized carbons (Fsp3) is 0.333. The molecule has 21 heavy (non-hydrogen) atoms. The molecule has 3 aromatic rings. The van der Waals surface area contributed by atoms with E-state index < -0.39 is 0 Å². The molecule has 108 valence electrons. The molecular weight excluding hydrogens is 264 g/mol. The van der Waals surface area contributed by atoms with Crippen LogP contribution < -0.4 is 0 Å². The van der Waals surface area contributed by atoms with Gasteiger partial charge in [0.1, 0.15) is 6.33 Å². The molecule has 0 saturated heterocycles. The lowest BCUT2D eigenvalue weighted by atomic mass is 10.1. The first kappa shape index (κ1) is 13.6. The average molecular weight is 282 g/mol. The molecule has 3 rings (SSSR count). The van der Waals surface area contributed by atoms with E-state index in [0.29, 0.717) is 6.04 Å². The molecule has 0 aliphatic rings. The molecule has 0 N–H and O–H groups in total. The molecule has 0 amide bonds. The lowest BCUT2D eigenvalue weighted by molar-refractivity contribution is 0.242. The minimum absolute atomic E-state index is 0.362. The highest BCUT2D eigenvalue weighted by molar-refractivity contribution is 5.37. The average Bonchev–Trinajstić information content (AvgIpc) is 2.98. The van der Waals surface area contributed by atoms with Crippen LogP contribution in [0.3, 0.4) is 0 Å². The predicted molar refractivity (Wildman–Crippen MR) is 79.7 cm³/mol. The van der Waals surface area contributed by atoms with E-state index in [1.807, 2.05) is 22.8 Å². The number of likely N-dealkylation sites (N-methyl/N-ethyl adjacent to an activating group) is 1. The monoisotopic (exact) mass is 282 g/mol. The van der Waals surface area contributed by atoms with Gasteiger partial charge in [-0.25, -0.2) is 9.50 Å². The molecule has 3 heterocycles. The van der Waals surface area contributed by atoms with E-state index in [1.165, 1.54) is 0 Å². The number of aromatic nitrogens is 5. The third kappa shape index (κ3) is 3.05. The molecule has 0 spiro atoms. The third-order valence-electron chi connectivity index (χ3n) is 3.67. The molecule has 0 radical (unpaired) electrons. The van der Waals surface area contributed by atoms with Crippen molar-refractivity contribution >= 4 is 5.65 Å². The predicted octanol–water partition coefficient (Wildman–Crippen LogP) is 1.58. The number of hydrogen-bond acceptors (Lipinski definition) is 5. The van der Waals surface area contributed by atoms with Crippen molar-refractivity contribution in [1.82, 2.24) is 29.5 Å².